The van der Waals surface area contributed by atoms with Crippen LogP contribution in [0.15, 0.2) is 35.7 Å². The standard InChI is InChI=1S/C17H14F4N4OS/c1-2-3-6-25-13-8-22-9-23-15(13)27-16(25)24-14(26)11-7-10(17(19,20)21)4-5-12(11)18/h4-5,7-9H,2-3,6H2,1H3. The van der Waals surface area contributed by atoms with Crippen molar-refractivity contribution in [2.24, 2.45) is 4.99 Å². The fourth-order valence-corrected chi connectivity index (χ4v) is 3.42. The molecular weight excluding hydrogens is 384 g/mol. The number of hydrogen-bond acceptors (Lipinski definition) is 4. The molecule has 10 heteroatoms. The quantitative estimate of drug-likeness (QED) is 0.619. The molecular formula is C17H14F4N4OS. The van der Waals surface area contributed by atoms with E-state index in [1.54, 1.807) is 10.8 Å². The molecule has 3 aromatic rings. The van der Waals surface area contributed by atoms with E-state index in [-0.39, 0.29) is 4.80 Å². The molecule has 0 aliphatic rings. The first kappa shape index (κ1) is 19.2. The van der Waals surface area contributed by atoms with Crippen molar-refractivity contribution >= 4 is 27.6 Å². The van der Waals surface area contributed by atoms with Crippen LogP contribution < -0.4 is 4.80 Å². The number of amides is 1. The maximum Gasteiger partial charge on any atom is 0.416 e. The van der Waals surface area contributed by atoms with E-state index in [0.29, 0.717) is 35.1 Å². The number of unbranched alkanes of at least 4 members (excludes halogenated alkanes) is 1. The molecule has 2 heterocycles. The molecule has 0 N–H and O–H groups in total. The maximum atomic E-state index is 13.9. The third-order valence-corrected chi connectivity index (χ3v) is 4.83. The van der Waals surface area contributed by atoms with Gasteiger partial charge in [-0.25, -0.2) is 14.4 Å². The van der Waals surface area contributed by atoms with Crippen LogP contribution in [0.5, 0.6) is 0 Å². The zero-order valence-corrected chi connectivity index (χ0v) is 14.9. The van der Waals surface area contributed by atoms with Gasteiger partial charge in [-0.3, -0.25) is 4.79 Å². The van der Waals surface area contributed by atoms with Gasteiger partial charge in [0.2, 0.25) is 0 Å². The number of fused-ring (bicyclic) bond motifs is 1. The summed E-state index contributed by atoms with van der Waals surface area (Å²) in [6.07, 6.45) is -0.0887. The lowest BCUT2D eigenvalue weighted by atomic mass is 10.1. The van der Waals surface area contributed by atoms with Gasteiger partial charge in [-0.1, -0.05) is 24.7 Å². The number of nitrogens with zero attached hydrogens (tertiary/aromatic N) is 4. The van der Waals surface area contributed by atoms with E-state index in [4.69, 9.17) is 0 Å². The molecule has 0 aliphatic carbocycles. The van der Waals surface area contributed by atoms with E-state index < -0.39 is 29.0 Å². The molecule has 0 unspecified atom stereocenters. The summed E-state index contributed by atoms with van der Waals surface area (Å²) in [6, 6.07) is 1.68. The van der Waals surface area contributed by atoms with Gasteiger partial charge in [0, 0.05) is 6.54 Å². The smallest absolute Gasteiger partial charge is 0.314 e. The van der Waals surface area contributed by atoms with Gasteiger partial charge in [0.05, 0.1) is 22.8 Å². The molecule has 0 aliphatic heterocycles. The highest BCUT2D eigenvalue weighted by Gasteiger charge is 2.32. The van der Waals surface area contributed by atoms with Crippen molar-refractivity contribution in [3.8, 4) is 0 Å². The van der Waals surface area contributed by atoms with Crippen LogP contribution in [0.1, 0.15) is 35.7 Å². The molecule has 0 bridgehead atoms. The van der Waals surface area contributed by atoms with Crippen molar-refractivity contribution in [3.63, 3.8) is 0 Å². The first-order valence-electron chi connectivity index (χ1n) is 8.06. The van der Waals surface area contributed by atoms with Crippen molar-refractivity contribution in [1.82, 2.24) is 14.5 Å². The van der Waals surface area contributed by atoms with Crippen molar-refractivity contribution in [1.29, 1.82) is 0 Å². The Labute approximate surface area is 155 Å². The third-order valence-electron chi connectivity index (χ3n) is 3.82. The number of aryl methyl sites for hydroxylation is 1. The number of thiazole rings is 1. The molecule has 0 atom stereocenters. The van der Waals surface area contributed by atoms with Gasteiger partial charge in [-0.15, -0.1) is 0 Å². The first-order valence-corrected chi connectivity index (χ1v) is 8.88. The van der Waals surface area contributed by atoms with Crippen molar-refractivity contribution in [2.45, 2.75) is 32.5 Å². The minimum atomic E-state index is -4.68. The average Bonchev–Trinajstić information content (AvgIpc) is 2.96. The van der Waals surface area contributed by atoms with Crippen LogP contribution in [0.2, 0.25) is 0 Å². The highest BCUT2D eigenvalue weighted by Crippen LogP contribution is 2.30. The number of aromatic nitrogens is 3. The molecule has 142 valence electrons. The zero-order chi connectivity index (χ0) is 19.6. The molecule has 0 fully saturated rings. The number of alkyl halides is 3. The maximum absolute atomic E-state index is 13.9. The summed E-state index contributed by atoms with van der Waals surface area (Å²) in [5, 5.41) is 0. The number of benzene rings is 1. The predicted molar refractivity (Wildman–Crippen MR) is 91.6 cm³/mol. The molecule has 2 aromatic heterocycles. The molecule has 1 aromatic carbocycles. The summed E-state index contributed by atoms with van der Waals surface area (Å²) in [4.78, 5) is 25.1. The molecule has 0 radical (unpaired) electrons. The summed E-state index contributed by atoms with van der Waals surface area (Å²) in [5.41, 5.74) is -1.18. The monoisotopic (exact) mass is 398 g/mol. The second kappa shape index (κ2) is 7.55. The summed E-state index contributed by atoms with van der Waals surface area (Å²) >= 11 is 1.09. The molecule has 0 spiro atoms. The van der Waals surface area contributed by atoms with Crippen LogP contribution in [-0.4, -0.2) is 20.4 Å². The van der Waals surface area contributed by atoms with Gasteiger partial charge in [-0.2, -0.15) is 18.2 Å². The Morgan fingerprint density at radius 2 is 2.11 bits per heavy atom. The Morgan fingerprint density at radius 3 is 2.81 bits per heavy atom. The first-order chi connectivity index (χ1) is 12.8. The van der Waals surface area contributed by atoms with E-state index in [1.807, 2.05) is 6.92 Å². The highest BCUT2D eigenvalue weighted by atomic mass is 32.1. The van der Waals surface area contributed by atoms with Gasteiger partial charge < -0.3 is 4.57 Å². The Balaban J connectivity index is 2.10. The molecule has 1 amide bonds. The number of carbonyl (C=O) groups excluding carboxylic acids is 1. The third kappa shape index (κ3) is 4.05. The molecule has 5 nitrogen and oxygen atoms in total. The van der Waals surface area contributed by atoms with Crippen LogP contribution >= 0.6 is 11.3 Å². The van der Waals surface area contributed by atoms with Crippen LogP contribution in [0.25, 0.3) is 10.3 Å². The van der Waals surface area contributed by atoms with E-state index in [9.17, 15) is 22.4 Å². The topological polar surface area (TPSA) is 60.1 Å². The minimum Gasteiger partial charge on any atom is -0.314 e. The molecule has 27 heavy (non-hydrogen) atoms. The van der Waals surface area contributed by atoms with Gasteiger partial charge in [0.25, 0.3) is 5.91 Å². The van der Waals surface area contributed by atoms with Gasteiger partial charge in [-0.05, 0) is 24.6 Å². The van der Waals surface area contributed by atoms with Crippen molar-refractivity contribution < 1.29 is 22.4 Å². The Hall–Kier alpha value is -2.62. The van der Waals surface area contributed by atoms with Crippen LogP contribution in [-0.2, 0) is 12.7 Å². The average molecular weight is 398 g/mol. The Bertz CT molecular complexity index is 1060. The van der Waals surface area contributed by atoms with Crippen molar-refractivity contribution in [2.75, 3.05) is 0 Å². The lowest BCUT2D eigenvalue weighted by Gasteiger charge is -2.08. The van der Waals surface area contributed by atoms with Crippen LogP contribution in [0.4, 0.5) is 17.6 Å². The molecule has 3 rings (SSSR count). The van der Waals surface area contributed by atoms with Crippen LogP contribution in [0, 0.1) is 5.82 Å². The SMILES string of the molecule is CCCCn1c(=NC(=O)c2cc(C(F)(F)F)ccc2F)sc2ncncc21. The van der Waals surface area contributed by atoms with Crippen molar-refractivity contribution in [3.05, 3.63) is 52.5 Å². The highest BCUT2D eigenvalue weighted by molar-refractivity contribution is 7.15. The number of hydrogen-bond donors (Lipinski definition) is 0. The lowest BCUT2D eigenvalue weighted by Crippen LogP contribution is -2.18. The van der Waals surface area contributed by atoms with E-state index in [0.717, 1.165) is 24.2 Å². The van der Waals surface area contributed by atoms with E-state index in [1.165, 1.54) is 6.33 Å². The largest absolute Gasteiger partial charge is 0.416 e. The Morgan fingerprint density at radius 1 is 1.33 bits per heavy atom. The van der Waals surface area contributed by atoms with E-state index >= 15 is 0 Å². The zero-order valence-electron chi connectivity index (χ0n) is 14.1. The number of rotatable bonds is 4. The summed E-state index contributed by atoms with van der Waals surface area (Å²) < 4.78 is 54.2. The summed E-state index contributed by atoms with van der Waals surface area (Å²) in [7, 11) is 0. The summed E-state index contributed by atoms with van der Waals surface area (Å²) in [5.74, 6) is -2.14. The van der Waals surface area contributed by atoms with Gasteiger partial charge >= 0.3 is 6.18 Å². The second-order valence-corrected chi connectivity index (χ2v) is 6.67. The normalized spacial score (nSPS) is 12.7. The Kier molecular flexibility index (Phi) is 5.36. The van der Waals surface area contributed by atoms with E-state index in [2.05, 4.69) is 15.0 Å². The van der Waals surface area contributed by atoms with Crippen LogP contribution in [0.3, 0.4) is 0 Å². The predicted octanol–water partition coefficient (Wildman–Crippen LogP) is 4.19. The fraction of sp³-hybridized carbons (Fsp3) is 0.294. The van der Waals surface area contributed by atoms with Gasteiger partial charge in [0.15, 0.2) is 4.80 Å². The molecule has 0 saturated carbocycles. The van der Waals surface area contributed by atoms with Gasteiger partial charge in [0.1, 0.15) is 17.0 Å². The number of carbonyl (C=O) groups is 1. The second-order valence-electron chi connectivity index (χ2n) is 5.71. The minimum absolute atomic E-state index is 0.237. The fourth-order valence-electron chi connectivity index (χ4n) is 2.45. The number of halogens is 4. The summed E-state index contributed by atoms with van der Waals surface area (Å²) in [6.45, 7) is 2.52. The molecule has 0 saturated heterocycles. The lowest BCUT2D eigenvalue weighted by molar-refractivity contribution is -0.137.